The van der Waals surface area contributed by atoms with Crippen LogP contribution < -0.4 is 10.6 Å². The fourth-order valence-electron chi connectivity index (χ4n) is 3.19. The highest BCUT2D eigenvalue weighted by atomic mass is 32.1. The predicted octanol–water partition coefficient (Wildman–Crippen LogP) is 4.05. The number of hydrogen-bond donors (Lipinski definition) is 2. The third-order valence-corrected chi connectivity index (χ3v) is 5.68. The first-order valence-electron chi connectivity index (χ1n) is 8.28. The molecule has 1 amide bonds. The molecule has 6 nitrogen and oxygen atoms in total. The fourth-order valence-corrected chi connectivity index (χ4v) is 4.46. The smallest absolute Gasteiger partial charge is 0.387 e. The van der Waals surface area contributed by atoms with Crippen molar-refractivity contribution in [3.8, 4) is 10.7 Å². The number of aromatic nitrogens is 2. The van der Waals surface area contributed by atoms with E-state index in [1.165, 1.54) is 11.3 Å². The second-order valence-electron chi connectivity index (χ2n) is 6.25. The molecule has 4 rings (SSSR count). The Morgan fingerprint density at radius 2 is 2.22 bits per heavy atom. The van der Waals surface area contributed by atoms with Crippen LogP contribution in [-0.2, 0) is 11.2 Å². The van der Waals surface area contributed by atoms with Crippen LogP contribution in [0.15, 0.2) is 22.7 Å². The highest BCUT2D eigenvalue weighted by Crippen LogP contribution is 2.43. The van der Waals surface area contributed by atoms with Gasteiger partial charge in [0.15, 0.2) is 0 Å². The molecule has 1 saturated heterocycles. The Bertz CT molecular complexity index is 1010. The van der Waals surface area contributed by atoms with E-state index in [1.54, 1.807) is 25.2 Å². The van der Waals surface area contributed by atoms with Gasteiger partial charge in [0.2, 0.25) is 17.6 Å². The molecular weight excluding hydrogens is 381 g/mol. The Labute approximate surface area is 155 Å². The lowest BCUT2D eigenvalue weighted by Gasteiger charge is -2.07. The predicted molar refractivity (Wildman–Crippen MR) is 94.5 cm³/mol. The van der Waals surface area contributed by atoms with Crippen molar-refractivity contribution < 1.29 is 22.5 Å². The van der Waals surface area contributed by atoms with Gasteiger partial charge in [-0.2, -0.15) is 18.2 Å². The Kier molecular flexibility index (Phi) is 4.29. The van der Waals surface area contributed by atoms with Gasteiger partial charge in [-0.05, 0) is 23.4 Å². The van der Waals surface area contributed by atoms with Gasteiger partial charge >= 0.3 is 6.18 Å². The van der Waals surface area contributed by atoms with Crippen molar-refractivity contribution in [2.24, 2.45) is 0 Å². The molecule has 0 aliphatic carbocycles. The number of nitrogens with one attached hydrogen (secondary N) is 2. The van der Waals surface area contributed by atoms with Crippen molar-refractivity contribution in [1.82, 2.24) is 15.5 Å². The zero-order chi connectivity index (χ0) is 19.2. The number of halogens is 3. The molecule has 0 bridgehead atoms. The maximum absolute atomic E-state index is 13.2. The molecule has 1 aromatic carbocycles. The van der Waals surface area contributed by atoms with Gasteiger partial charge in [-0.3, -0.25) is 4.79 Å². The van der Waals surface area contributed by atoms with Crippen LogP contribution in [0.3, 0.4) is 0 Å². The monoisotopic (exact) mass is 396 g/mol. The summed E-state index contributed by atoms with van der Waals surface area (Å²) >= 11 is 1.19. The quantitative estimate of drug-likeness (QED) is 0.696. The van der Waals surface area contributed by atoms with Crippen LogP contribution in [0.25, 0.3) is 20.8 Å². The van der Waals surface area contributed by atoms with Crippen LogP contribution in [-0.4, -0.2) is 29.3 Å². The molecule has 0 saturated carbocycles. The molecule has 3 heterocycles. The topological polar surface area (TPSA) is 80.0 Å². The van der Waals surface area contributed by atoms with Gasteiger partial charge in [-0.1, -0.05) is 17.3 Å². The van der Waals surface area contributed by atoms with Gasteiger partial charge in [0, 0.05) is 13.5 Å². The molecule has 27 heavy (non-hydrogen) atoms. The molecule has 3 aromatic rings. The van der Waals surface area contributed by atoms with E-state index in [2.05, 4.69) is 20.8 Å². The second kappa shape index (κ2) is 6.52. The minimum Gasteiger partial charge on any atom is -0.387 e. The molecule has 2 N–H and O–H groups in total. The lowest BCUT2D eigenvalue weighted by atomic mass is 10.1. The summed E-state index contributed by atoms with van der Waals surface area (Å²) in [5, 5.41) is 10.1. The maximum Gasteiger partial charge on any atom is 0.393 e. The molecule has 1 fully saturated rings. The summed E-state index contributed by atoms with van der Waals surface area (Å²) in [4.78, 5) is 16.0. The molecule has 2 aromatic heterocycles. The number of benzene rings is 1. The normalized spacial score (nSPS) is 17.5. The van der Waals surface area contributed by atoms with Crippen LogP contribution in [0.2, 0.25) is 0 Å². The van der Waals surface area contributed by atoms with E-state index in [-0.39, 0.29) is 23.2 Å². The minimum absolute atomic E-state index is 0.105. The molecule has 142 valence electrons. The Balaban J connectivity index is 1.82. The number of nitrogens with zero attached hydrogens (tertiary/aromatic N) is 2. The summed E-state index contributed by atoms with van der Waals surface area (Å²) in [6, 6.07) is 4.78. The Morgan fingerprint density at radius 3 is 2.89 bits per heavy atom. The van der Waals surface area contributed by atoms with Gasteiger partial charge in [0.25, 0.3) is 0 Å². The Morgan fingerprint density at radius 1 is 1.41 bits per heavy atom. The number of amides is 1. The van der Waals surface area contributed by atoms with Crippen molar-refractivity contribution in [2.45, 2.75) is 31.5 Å². The highest BCUT2D eigenvalue weighted by Gasteiger charge is 2.33. The van der Waals surface area contributed by atoms with E-state index in [4.69, 9.17) is 4.52 Å². The number of carbonyl (C=O) groups is 1. The number of carbonyl (C=O) groups excluding carboxylic acids is 1. The summed E-state index contributed by atoms with van der Waals surface area (Å²) in [6.07, 6.45) is -4.58. The van der Waals surface area contributed by atoms with Crippen molar-refractivity contribution in [2.75, 3.05) is 12.4 Å². The van der Waals surface area contributed by atoms with Crippen molar-refractivity contribution in [3.63, 3.8) is 0 Å². The summed E-state index contributed by atoms with van der Waals surface area (Å²) in [7, 11) is 1.72. The van der Waals surface area contributed by atoms with Gasteiger partial charge in [0.05, 0.1) is 21.7 Å². The zero-order valence-corrected chi connectivity index (χ0v) is 15.0. The van der Waals surface area contributed by atoms with Crippen molar-refractivity contribution in [3.05, 3.63) is 29.7 Å². The summed E-state index contributed by atoms with van der Waals surface area (Å²) < 4.78 is 45.5. The van der Waals surface area contributed by atoms with Crippen LogP contribution in [0.5, 0.6) is 0 Å². The van der Waals surface area contributed by atoms with E-state index in [0.717, 1.165) is 5.69 Å². The van der Waals surface area contributed by atoms with Gasteiger partial charge in [-0.15, -0.1) is 11.3 Å². The largest absolute Gasteiger partial charge is 0.393 e. The molecule has 10 heteroatoms. The van der Waals surface area contributed by atoms with Gasteiger partial charge < -0.3 is 15.2 Å². The molecule has 0 spiro atoms. The lowest BCUT2D eigenvalue weighted by molar-refractivity contribution is -0.126. The second-order valence-corrected chi connectivity index (χ2v) is 7.27. The van der Waals surface area contributed by atoms with E-state index in [1.807, 2.05) is 0 Å². The fraction of sp³-hybridized carbons (Fsp3) is 0.353. The first-order valence-corrected chi connectivity index (χ1v) is 9.09. The summed E-state index contributed by atoms with van der Waals surface area (Å²) in [5.41, 5.74) is 0.862. The number of rotatable bonds is 4. The van der Waals surface area contributed by atoms with Crippen molar-refractivity contribution >= 4 is 33.0 Å². The van der Waals surface area contributed by atoms with Crippen molar-refractivity contribution in [1.29, 1.82) is 0 Å². The molecule has 0 unspecified atom stereocenters. The van der Waals surface area contributed by atoms with Gasteiger partial charge in [-0.25, -0.2) is 0 Å². The molecule has 0 radical (unpaired) electrons. The van der Waals surface area contributed by atoms with E-state index >= 15 is 0 Å². The first-order chi connectivity index (χ1) is 12.9. The van der Waals surface area contributed by atoms with Gasteiger partial charge in [0.1, 0.15) is 6.04 Å². The third-order valence-electron chi connectivity index (χ3n) is 4.40. The number of anilines is 1. The van der Waals surface area contributed by atoms with Crippen LogP contribution in [0, 0.1) is 0 Å². The molecule has 1 atom stereocenters. The summed E-state index contributed by atoms with van der Waals surface area (Å²) in [6.45, 7) is 0. The number of thiophene rings is 1. The average Bonchev–Trinajstić information content (AvgIpc) is 3.32. The lowest BCUT2D eigenvalue weighted by Crippen LogP contribution is -2.18. The van der Waals surface area contributed by atoms with Crippen LogP contribution in [0.4, 0.5) is 18.9 Å². The SMILES string of the molecule is CNc1cccc2c(CC(F)(F)F)c(-c3noc([C@H]4CCC(=O)N4)n3)sc12. The molecular formula is C17H15F3N4O2S. The molecule has 1 aliphatic rings. The number of hydrogen-bond acceptors (Lipinski definition) is 6. The van der Waals surface area contributed by atoms with E-state index < -0.39 is 18.6 Å². The average molecular weight is 396 g/mol. The first kappa shape index (κ1) is 17.8. The minimum atomic E-state index is -4.37. The third kappa shape index (κ3) is 3.36. The standard InChI is InChI=1S/C17H15F3N4O2S/c1-21-10-4-2-3-8-9(7-17(18,19)20)14(27-13(8)10)15-23-16(26-24-15)11-5-6-12(25)22-11/h2-4,11,21H,5-7H2,1H3,(H,22,25)/t11-/m1/s1. The van der Waals surface area contributed by atoms with E-state index in [9.17, 15) is 18.0 Å². The number of fused-ring (bicyclic) bond motifs is 1. The van der Waals surface area contributed by atoms with Crippen LogP contribution in [0.1, 0.15) is 30.3 Å². The van der Waals surface area contributed by atoms with Crippen LogP contribution >= 0.6 is 11.3 Å². The molecule has 1 aliphatic heterocycles. The maximum atomic E-state index is 13.2. The zero-order valence-electron chi connectivity index (χ0n) is 14.2. The van der Waals surface area contributed by atoms with E-state index in [0.29, 0.717) is 27.8 Å². The number of alkyl halides is 3. The Hall–Kier alpha value is -2.62. The summed E-state index contributed by atoms with van der Waals surface area (Å²) in [5.74, 6) is 0.201. The highest BCUT2D eigenvalue weighted by molar-refractivity contribution is 7.23.